The molecule has 3 aromatic rings. The number of hydrogen-bond donors (Lipinski definition) is 2. The molecule has 1 atom stereocenters. The minimum atomic E-state index is -0.679. The van der Waals surface area contributed by atoms with Crippen LogP contribution in [0, 0.1) is 0 Å². The van der Waals surface area contributed by atoms with Crippen LogP contribution in [0.1, 0.15) is 52.1 Å². The second-order valence-electron chi connectivity index (χ2n) is 8.47. The monoisotopic (exact) mass is 485 g/mol. The van der Waals surface area contributed by atoms with Crippen molar-refractivity contribution in [3.8, 4) is 0 Å². The van der Waals surface area contributed by atoms with Gasteiger partial charge in [-0.15, -0.1) is 0 Å². The van der Waals surface area contributed by atoms with Gasteiger partial charge in [-0.05, 0) is 49.2 Å². The Bertz CT molecular complexity index is 1270. The predicted octanol–water partition coefficient (Wildman–Crippen LogP) is 4.10. The largest absolute Gasteiger partial charge is 0.452 e. The van der Waals surface area contributed by atoms with Crippen molar-refractivity contribution in [1.29, 1.82) is 0 Å². The predicted molar refractivity (Wildman–Crippen MR) is 136 cm³/mol. The third-order valence-corrected chi connectivity index (χ3v) is 5.89. The van der Waals surface area contributed by atoms with Crippen molar-refractivity contribution in [2.75, 3.05) is 23.4 Å². The van der Waals surface area contributed by atoms with Gasteiger partial charge in [-0.3, -0.25) is 14.4 Å². The van der Waals surface area contributed by atoms with Crippen LogP contribution >= 0.6 is 0 Å². The molecule has 1 unspecified atom stereocenters. The molecule has 8 heteroatoms. The lowest BCUT2D eigenvalue weighted by Gasteiger charge is -2.17. The Kier molecular flexibility index (Phi) is 7.75. The van der Waals surface area contributed by atoms with Crippen LogP contribution in [0.25, 0.3) is 0 Å². The minimum Gasteiger partial charge on any atom is -0.452 e. The first kappa shape index (κ1) is 24.7. The molecule has 0 aliphatic carbocycles. The van der Waals surface area contributed by atoms with Crippen molar-refractivity contribution >= 4 is 35.1 Å². The van der Waals surface area contributed by atoms with E-state index in [0.29, 0.717) is 29.9 Å². The third kappa shape index (κ3) is 5.96. The first-order valence-corrected chi connectivity index (χ1v) is 11.7. The number of hydrogen-bond acceptors (Lipinski definition) is 5. The summed E-state index contributed by atoms with van der Waals surface area (Å²) < 4.78 is 5.17. The van der Waals surface area contributed by atoms with Gasteiger partial charge >= 0.3 is 5.97 Å². The number of nitrogens with one attached hydrogen (secondary N) is 2. The van der Waals surface area contributed by atoms with E-state index >= 15 is 0 Å². The maximum Gasteiger partial charge on any atom is 0.338 e. The zero-order valence-corrected chi connectivity index (χ0v) is 19.9. The van der Waals surface area contributed by atoms with Crippen molar-refractivity contribution in [1.82, 2.24) is 5.32 Å². The zero-order chi connectivity index (χ0) is 25.5. The Labute approximate surface area is 209 Å². The smallest absolute Gasteiger partial charge is 0.338 e. The van der Waals surface area contributed by atoms with Crippen LogP contribution in [-0.2, 0) is 14.3 Å². The Balaban J connectivity index is 1.35. The molecule has 1 saturated heterocycles. The molecule has 8 nitrogen and oxygen atoms in total. The lowest BCUT2D eigenvalue weighted by atomic mass is 10.1. The Morgan fingerprint density at radius 1 is 0.972 bits per heavy atom. The van der Waals surface area contributed by atoms with E-state index in [1.54, 1.807) is 53.4 Å². The molecule has 3 amide bonds. The minimum absolute atomic E-state index is 0.0146. The number of carbonyl (C=O) groups excluding carboxylic acids is 4. The van der Waals surface area contributed by atoms with Crippen LogP contribution in [0.2, 0.25) is 0 Å². The number of anilines is 2. The van der Waals surface area contributed by atoms with Gasteiger partial charge < -0.3 is 20.3 Å². The fourth-order valence-electron chi connectivity index (χ4n) is 4.01. The number of benzene rings is 3. The molecule has 0 aromatic heterocycles. The molecule has 184 valence electrons. The number of amides is 3. The number of carbonyl (C=O) groups is 4. The van der Waals surface area contributed by atoms with Crippen LogP contribution < -0.4 is 15.5 Å². The van der Waals surface area contributed by atoms with Crippen molar-refractivity contribution in [3.63, 3.8) is 0 Å². The lowest BCUT2D eigenvalue weighted by Crippen LogP contribution is -2.28. The molecule has 0 radical (unpaired) electrons. The van der Waals surface area contributed by atoms with Gasteiger partial charge in [-0.2, -0.15) is 0 Å². The summed E-state index contributed by atoms with van der Waals surface area (Å²) in [5.41, 5.74) is 2.43. The summed E-state index contributed by atoms with van der Waals surface area (Å²) in [6, 6.07) is 22.5. The zero-order valence-electron chi connectivity index (χ0n) is 19.9. The highest BCUT2D eigenvalue weighted by Crippen LogP contribution is 2.23. The molecular weight excluding hydrogens is 458 g/mol. The highest BCUT2D eigenvalue weighted by atomic mass is 16.5. The standard InChI is InChI=1S/C28H27N3O5/c1-19(20-9-3-2-4-10-20)29-27(34)23-13-5-6-14-24(23)30-25(32)18-36-28(35)21-11-7-12-22(17-21)31-16-8-15-26(31)33/h2-7,9-14,17,19H,8,15-16,18H2,1H3,(H,29,34)(H,30,32). The molecule has 1 heterocycles. The highest BCUT2D eigenvalue weighted by Gasteiger charge is 2.23. The number of para-hydroxylation sites is 1. The summed E-state index contributed by atoms with van der Waals surface area (Å²) in [6.07, 6.45) is 1.26. The molecule has 1 aliphatic heterocycles. The Morgan fingerprint density at radius 3 is 2.47 bits per heavy atom. The molecule has 1 fully saturated rings. The van der Waals surface area contributed by atoms with E-state index in [-0.39, 0.29) is 23.4 Å². The number of rotatable bonds is 8. The van der Waals surface area contributed by atoms with Gasteiger partial charge in [0.05, 0.1) is 22.9 Å². The maximum atomic E-state index is 12.9. The molecule has 0 saturated carbocycles. The van der Waals surface area contributed by atoms with Crippen LogP contribution in [0.15, 0.2) is 78.9 Å². The lowest BCUT2D eigenvalue weighted by molar-refractivity contribution is -0.119. The van der Waals surface area contributed by atoms with Gasteiger partial charge in [-0.25, -0.2) is 4.79 Å². The molecule has 1 aliphatic rings. The fraction of sp³-hybridized carbons (Fsp3) is 0.214. The summed E-state index contributed by atoms with van der Waals surface area (Å²) in [6.45, 7) is 1.96. The van der Waals surface area contributed by atoms with Crippen molar-refractivity contribution in [2.45, 2.75) is 25.8 Å². The van der Waals surface area contributed by atoms with Gasteiger partial charge in [0.25, 0.3) is 11.8 Å². The summed E-state index contributed by atoms with van der Waals surface area (Å²) in [5, 5.41) is 5.57. The van der Waals surface area contributed by atoms with Crippen LogP contribution in [0.3, 0.4) is 0 Å². The van der Waals surface area contributed by atoms with E-state index < -0.39 is 18.5 Å². The van der Waals surface area contributed by atoms with Crippen molar-refractivity contribution in [2.24, 2.45) is 0 Å². The average molecular weight is 486 g/mol. The first-order valence-electron chi connectivity index (χ1n) is 11.7. The third-order valence-electron chi connectivity index (χ3n) is 5.89. The normalized spacial score (nSPS) is 13.7. The average Bonchev–Trinajstić information content (AvgIpc) is 3.34. The molecule has 0 bridgehead atoms. The summed E-state index contributed by atoms with van der Waals surface area (Å²) in [7, 11) is 0. The van der Waals surface area contributed by atoms with Gasteiger partial charge in [-0.1, -0.05) is 48.5 Å². The van der Waals surface area contributed by atoms with E-state index in [2.05, 4.69) is 10.6 Å². The highest BCUT2D eigenvalue weighted by molar-refractivity contribution is 6.04. The fourth-order valence-corrected chi connectivity index (χ4v) is 4.01. The van der Waals surface area contributed by atoms with Crippen LogP contribution in [-0.4, -0.2) is 36.8 Å². The van der Waals surface area contributed by atoms with E-state index in [4.69, 9.17) is 4.74 Å². The summed E-state index contributed by atoms with van der Waals surface area (Å²) >= 11 is 0. The number of nitrogens with zero attached hydrogens (tertiary/aromatic N) is 1. The molecule has 2 N–H and O–H groups in total. The number of ether oxygens (including phenoxy) is 1. The van der Waals surface area contributed by atoms with E-state index in [1.165, 1.54) is 0 Å². The van der Waals surface area contributed by atoms with Gasteiger partial charge in [0, 0.05) is 18.7 Å². The van der Waals surface area contributed by atoms with E-state index in [1.807, 2.05) is 37.3 Å². The second kappa shape index (κ2) is 11.3. The van der Waals surface area contributed by atoms with Gasteiger partial charge in [0.1, 0.15) is 0 Å². The Morgan fingerprint density at radius 2 is 1.72 bits per heavy atom. The SMILES string of the molecule is CC(NC(=O)c1ccccc1NC(=O)COC(=O)c1cccc(N2CCCC2=O)c1)c1ccccc1. The quantitative estimate of drug-likeness (QED) is 0.468. The van der Waals surface area contributed by atoms with Crippen molar-refractivity contribution in [3.05, 3.63) is 95.6 Å². The van der Waals surface area contributed by atoms with Gasteiger partial charge in [0.15, 0.2) is 6.61 Å². The van der Waals surface area contributed by atoms with E-state index in [9.17, 15) is 19.2 Å². The second-order valence-corrected chi connectivity index (χ2v) is 8.47. The molecule has 4 rings (SSSR count). The van der Waals surface area contributed by atoms with Crippen LogP contribution in [0.4, 0.5) is 11.4 Å². The molecule has 36 heavy (non-hydrogen) atoms. The summed E-state index contributed by atoms with van der Waals surface area (Å²) in [4.78, 5) is 51.5. The number of esters is 1. The molecular formula is C28H27N3O5. The van der Waals surface area contributed by atoms with Gasteiger partial charge in [0.2, 0.25) is 5.91 Å². The van der Waals surface area contributed by atoms with E-state index in [0.717, 1.165) is 12.0 Å². The maximum absolute atomic E-state index is 12.9. The summed E-state index contributed by atoms with van der Waals surface area (Å²) in [5.74, 6) is -1.58. The molecule has 0 spiro atoms. The van der Waals surface area contributed by atoms with Crippen molar-refractivity contribution < 1.29 is 23.9 Å². The topological polar surface area (TPSA) is 105 Å². The first-order chi connectivity index (χ1) is 17.4. The Hall–Kier alpha value is -4.46. The molecule has 3 aromatic carbocycles. The van der Waals surface area contributed by atoms with Crippen LogP contribution in [0.5, 0.6) is 0 Å².